The van der Waals surface area contributed by atoms with E-state index in [0.717, 1.165) is 6.08 Å². The molecule has 0 aliphatic heterocycles. The second kappa shape index (κ2) is 6.37. The number of nitrogens with two attached hydrogens (primary N) is 1. The second-order valence-electron chi connectivity index (χ2n) is 4.57. The van der Waals surface area contributed by atoms with Crippen molar-refractivity contribution in [3.05, 3.63) is 71.8 Å². The number of para-hydroxylation sites is 1. The number of nitriles is 1. The maximum absolute atomic E-state index is 11.4. The first-order valence-corrected chi connectivity index (χ1v) is 6.47. The average molecular weight is 290 g/mol. The Labute approximate surface area is 128 Å². The number of hydrogen-bond donors (Lipinski definition) is 3. The maximum Gasteiger partial charge on any atom is 0.247 e. The molecule has 0 aromatic heterocycles. The zero-order valence-electron chi connectivity index (χ0n) is 11.8. The molecule has 0 saturated heterocycles. The number of nitrogen functional groups attached to an aromatic ring is 1. The van der Waals surface area contributed by atoms with Crippen molar-refractivity contribution in [1.29, 1.82) is 10.7 Å². The fourth-order valence-electron chi connectivity index (χ4n) is 1.98. The number of nitrogens with one attached hydrogen (secondary N) is 2. The summed E-state index contributed by atoms with van der Waals surface area (Å²) in [5.41, 5.74) is 8.38. The van der Waals surface area contributed by atoms with Crippen molar-refractivity contribution >= 4 is 23.0 Å². The van der Waals surface area contributed by atoms with Gasteiger partial charge in [0.2, 0.25) is 5.91 Å². The fraction of sp³-hybridized carbons (Fsp3) is 0. The predicted octanol–water partition coefficient (Wildman–Crippen LogP) is 2.68. The van der Waals surface area contributed by atoms with E-state index in [1.807, 2.05) is 6.07 Å². The molecule has 2 aromatic carbocycles. The molecule has 5 nitrogen and oxygen atoms in total. The van der Waals surface area contributed by atoms with Crippen LogP contribution in [0.1, 0.15) is 16.7 Å². The standard InChI is InChI=1S/C17H14N4O/c1-2-16(22)21-13-8-11(10-18)7-12(9-13)17(20)14-5-3-4-6-15(14)19/h2-9,20H,1,19H2,(H,21,22). The summed E-state index contributed by atoms with van der Waals surface area (Å²) in [5.74, 6) is -0.383. The lowest BCUT2D eigenvalue weighted by molar-refractivity contribution is -0.111. The molecule has 0 bridgehead atoms. The Hall–Kier alpha value is -3.39. The van der Waals surface area contributed by atoms with Gasteiger partial charge in [0.1, 0.15) is 0 Å². The van der Waals surface area contributed by atoms with Gasteiger partial charge in [-0.15, -0.1) is 0 Å². The van der Waals surface area contributed by atoms with Gasteiger partial charge in [0, 0.05) is 22.5 Å². The number of hydrogen-bond acceptors (Lipinski definition) is 4. The van der Waals surface area contributed by atoms with E-state index < -0.39 is 0 Å². The van der Waals surface area contributed by atoms with Gasteiger partial charge in [-0.25, -0.2) is 0 Å². The van der Waals surface area contributed by atoms with Crippen molar-refractivity contribution in [3.8, 4) is 6.07 Å². The number of anilines is 2. The lowest BCUT2D eigenvalue weighted by Gasteiger charge is -2.10. The largest absolute Gasteiger partial charge is 0.398 e. The van der Waals surface area contributed by atoms with E-state index in [4.69, 9.17) is 16.4 Å². The first-order chi connectivity index (χ1) is 10.5. The molecule has 0 atom stereocenters. The van der Waals surface area contributed by atoms with Crippen LogP contribution in [0.25, 0.3) is 0 Å². The average Bonchev–Trinajstić information content (AvgIpc) is 2.54. The van der Waals surface area contributed by atoms with Crippen molar-refractivity contribution in [2.45, 2.75) is 0 Å². The molecule has 0 spiro atoms. The quantitative estimate of drug-likeness (QED) is 0.458. The Kier molecular flexibility index (Phi) is 4.35. The number of amides is 1. The molecular weight excluding hydrogens is 276 g/mol. The molecule has 0 saturated carbocycles. The van der Waals surface area contributed by atoms with E-state index in [1.54, 1.807) is 36.4 Å². The third kappa shape index (κ3) is 3.19. The molecule has 0 radical (unpaired) electrons. The number of carbonyl (C=O) groups is 1. The van der Waals surface area contributed by atoms with Gasteiger partial charge in [-0.2, -0.15) is 5.26 Å². The van der Waals surface area contributed by atoms with Crippen LogP contribution < -0.4 is 11.1 Å². The van der Waals surface area contributed by atoms with Crippen LogP contribution >= 0.6 is 0 Å². The van der Waals surface area contributed by atoms with Gasteiger partial charge >= 0.3 is 0 Å². The first-order valence-electron chi connectivity index (χ1n) is 6.47. The van der Waals surface area contributed by atoms with E-state index >= 15 is 0 Å². The van der Waals surface area contributed by atoms with Crippen LogP contribution in [0.5, 0.6) is 0 Å². The highest BCUT2D eigenvalue weighted by atomic mass is 16.1. The van der Waals surface area contributed by atoms with E-state index in [0.29, 0.717) is 28.1 Å². The van der Waals surface area contributed by atoms with Crippen LogP contribution in [0, 0.1) is 16.7 Å². The highest BCUT2D eigenvalue weighted by Crippen LogP contribution is 2.20. The Balaban J connectivity index is 2.46. The van der Waals surface area contributed by atoms with Crippen molar-refractivity contribution in [2.24, 2.45) is 0 Å². The van der Waals surface area contributed by atoms with Gasteiger partial charge in [-0.3, -0.25) is 10.2 Å². The highest BCUT2D eigenvalue weighted by Gasteiger charge is 2.11. The molecule has 0 aliphatic carbocycles. The van der Waals surface area contributed by atoms with Crippen LogP contribution in [-0.4, -0.2) is 11.6 Å². The molecule has 0 aliphatic rings. The third-order valence-electron chi connectivity index (χ3n) is 3.03. The topological polar surface area (TPSA) is 103 Å². The van der Waals surface area contributed by atoms with Crippen LogP contribution in [0.15, 0.2) is 55.1 Å². The Bertz CT molecular complexity index is 803. The molecule has 0 heterocycles. The summed E-state index contributed by atoms with van der Waals surface area (Å²) in [4.78, 5) is 11.4. The summed E-state index contributed by atoms with van der Waals surface area (Å²) in [7, 11) is 0. The van der Waals surface area contributed by atoms with Gasteiger partial charge in [0.05, 0.1) is 17.3 Å². The minimum atomic E-state index is -0.383. The van der Waals surface area contributed by atoms with Gasteiger partial charge in [-0.05, 0) is 30.3 Å². The summed E-state index contributed by atoms with van der Waals surface area (Å²) in [6.07, 6.45) is 1.14. The van der Waals surface area contributed by atoms with E-state index in [-0.39, 0.29) is 11.6 Å². The van der Waals surface area contributed by atoms with Crippen LogP contribution in [0.2, 0.25) is 0 Å². The van der Waals surface area contributed by atoms with Crippen LogP contribution in [-0.2, 0) is 4.79 Å². The van der Waals surface area contributed by atoms with Crippen LogP contribution in [0.4, 0.5) is 11.4 Å². The van der Waals surface area contributed by atoms with Gasteiger partial charge < -0.3 is 11.1 Å². The Morgan fingerprint density at radius 2 is 2.05 bits per heavy atom. The number of carbonyl (C=O) groups excluding carboxylic acids is 1. The number of benzene rings is 2. The van der Waals surface area contributed by atoms with Crippen molar-refractivity contribution in [1.82, 2.24) is 0 Å². The van der Waals surface area contributed by atoms with Gasteiger partial charge in [0.15, 0.2) is 0 Å². The SMILES string of the molecule is C=CC(=O)Nc1cc(C#N)cc(C(=N)c2ccccc2N)c1. The Morgan fingerprint density at radius 1 is 1.32 bits per heavy atom. The lowest BCUT2D eigenvalue weighted by Crippen LogP contribution is -2.10. The zero-order chi connectivity index (χ0) is 16.1. The molecule has 108 valence electrons. The summed E-state index contributed by atoms with van der Waals surface area (Å²) >= 11 is 0. The molecule has 5 heteroatoms. The lowest BCUT2D eigenvalue weighted by atomic mass is 9.98. The zero-order valence-corrected chi connectivity index (χ0v) is 11.8. The summed E-state index contributed by atoms with van der Waals surface area (Å²) in [5, 5.41) is 20.0. The minimum absolute atomic E-state index is 0.185. The fourth-order valence-corrected chi connectivity index (χ4v) is 1.98. The molecular formula is C17H14N4O. The second-order valence-corrected chi connectivity index (χ2v) is 4.57. The first kappa shape index (κ1) is 15.0. The monoisotopic (exact) mass is 290 g/mol. The minimum Gasteiger partial charge on any atom is -0.398 e. The molecule has 0 unspecified atom stereocenters. The van der Waals surface area contributed by atoms with Crippen molar-refractivity contribution in [3.63, 3.8) is 0 Å². The molecule has 4 N–H and O–H groups in total. The van der Waals surface area contributed by atoms with Crippen molar-refractivity contribution < 1.29 is 4.79 Å². The van der Waals surface area contributed by atoms with Crippen LogP contribution in [0.3, 0.4) is 0 Å². The summed E-state index contributed by atoms with van der Waals surface area (Å²) in [6.45, 7) is 3.38. The molecule has 0 fully saturated rings. The van der Waals surface area contributed by atoms with E-state index in [9.17, 15) is 4.79 Å². The molecule has 2 aromatic rings. The van der Waals surface area contributed by atoms with E-state index in [2.05, 4.69) is 11.9 Å². The van der Waals surface area contributed by atoms with Crippen molar-refractivity contribution in [2.75, 3.05) is 11.1 Å². The molecule has 22 heavy (non-hydrogen) atoms. The normalized spacial score (nSPS) is 9.59. The summed E-state index contributed by atoms with van der Waals surface area (Å²) in [6, 6.07) is 13.8. The van der Waals surface area contributed by atoms with Gasteiger partial charge in [-0.1, -0.05) is 24.8 Å². The predicted molar refractivity (Wildman–Crippen MR) is 86.8 cm³/mol. The maximum atomic E-state index is 11.4. The smallest absolute Gasteiger partial charge is 0.247 e. The van der Waals surface area contributed by atoms with Gasteiger partial charge in [0.25, 0.3) is 0 Å². The molecule has 2 rings (SSSR count). The Morgan fingerprint density at radius 3 is 2.68 bits per heavy atom. The highest BCUT2D eigenvalue weighted by molar-refractivity contribution is 6.14. The molecule has 1 amide bonds. The number of nitrogens with zero attached hydrogens (tertiary/aromatic N) is 1. The summed E-state index contributed by atoms with van der Waals surface area (Å²) < 4.78 is 0. The third-order valence-corrected chi connectivity index (χ3v) is 3.03. The number of rotatable bonds is 4. The van der Waals surface area contributed by atoms with E-state index in [1.165, 1.54) is 6.07 Å².